The van der Waals surface area contributed by atoms with Gasteiger partial charge in [0.15, 0.2) is 17.0 Å². The molecule has 0 aromatic carbocycles. The number of aryl methyl sites for hydroxylation is 1. The SMILES string of the molecule is Cc1cn([C@H]2C[C@H](N=[N+]=[N-])[C@@H](CO)O2)c(=O)[nH]c1=O.Nc1ccn([C@@H]2CS[C@H](CO)O2)c(=O)n1.Nc1nc(NC2CC2)c2ncn(C3C=C[C@H](CO)C3)c2n1. The van der Waals surface area contributed by atoms with E-state index in [2.05, 4.69) is 46.3 Å². The number of nitrogens with two attached hydrogens (primary N) is 2. The smallest absolute Gasteiger partial charge is 0.351 e. The third-order valence-corrected chi connectivity index (χ3v) is 10.3. The topological polar surface area (TPSA) is 325 Å². The number of thioether (sulfide) groups is 1. The van der Waals surface area contributed by atoms with E-state index in [0.717, 1.165) is 36.2 Å². The minimum absolute atomic E-state index is 0.0572. The Morgan fingerprint density at radius 3 is 2.49 bits per heavy atom. The number of azide groups is 1. The molecule has 23 heteroatoms. The maximum absolute atomic E-state index is 11.7. The first kappa shape index (κ1) is 39.4. The van der Waals surface area contributed by atoms with Crippen molar-refractivity contribution in [1.29, 1.82) is 0 Å². The van der Waals surface area contributed by atoms with E-state index in [1.165, 1.54) is 27.1 Å². The van der Waals surface area contributed by atoms with Crippen LogP contribution in [0.1, 0.15) is 49.7 Å². The highest BCUT2D eigenvalue weighted by Gasteiger charge is 2.36. The molecule has 0 amide bonds. The number of aromatic amines is 1. The number of nitrogens with one attached hydrogen (secondary N) is 2. The third-order valence-electron chi connectivity index (χ3n) is 9.18. The Kier molecular flexibility index (Phi) is 12.5. The summed E-state index contributed by atoms with van der Waals surface area (Å²) in [4.78, 5) is 56.0. The van der Waals surface area contributed by atoms with Crippen LogP contribution in [-0.2, 0) is 9.47 Å². The Morgan fingerprint density at radius 2 is 1.84 bits per heavy atom. The fourth-order valence-electron chi connectivity index (χ4n) is 6.16. The predicted molar refractivity (Wildman–Crippen MR) is 201 cm³/mol. The minimum atomic E-state index is -0.671. The molecule has 0 spiro atoms. The molecule has 4 aromatic rings. The van der Waals surface area contributed by atoms with Crippen LogP contribution in [0.25, 0.3) is 21.6 Å². The standard InChI is InChI=1S/C14H18N6O.C10H13N5O4.C8H11N3O3S/c15-14-18-12(17-9-2-3-9)11-13(19-14)20(7-16-11)10-4-1-8(5-10)6-21;1-5-3-15(10(18)12-9(5)17)8-2-6(13-14-11)7(4-16)19-8;9-5-1-2-11(8(13)10-5)6-4-15-7(3-12)14-6/h1,4,7-10,21H,2-3,5-6H2,(H3,15,17,18,19);3,6-8,16H,2,4H2,1H3,(H,12,17,18);1-2,6-7,12H,3-4H2,(H2,9,10,13)/t8-,10?;6-,7+,8+;6-,7+/m000/s1. The molecule has 0 radical (unpaired) electrons. The maximum Gasteiger partial charge on any atom is 0.351 e. The highest BCUT2D eigenvalue weighted by molar-refractivity contribution is 8.00. The van der Waals surface area contributed by atoms with Gasteiger partial charge in [-0.15, -0.1) is 11.8 Å². The normalized spacial score (nSPS) is 25.5. The Labute approximate surface area is 315 Å². The van der Waals surface area contributed by atoms with Gasteiger partial charge in [0.25, 0.3) is 5.56 Å². The van der Waals surface area contributed by atoms with Gasteiger partial charge in [-0.3, -0.25) is 18.9 Å². The molecule has 4 aliphatic rings. The van der Waals surface area contributed by atoms with Crippen molar-refractivity contribution < 1.29 is 24.8 Å². The van der Waals surface area contributed by atoms with Gasteiger partial charge in [0.1, 0.15) is 23.7 Å². The Morgan fingerprint density at radius 1 is 1.04 bits per heavy atom. The van der Waals surface area contributed by atoms with Crippen LogP contribution in [0.4, 0.5) is 17.6 Å². The van der Waals surface area contributed by atoms with Gasteiger partial charge in [-0.1, -0.05) is 17.3 Å². The number of nitrogen functional groups attached to an aromatic ring is 2. The van der Waals surface area contributed by atoms with Crippen molar-refractivity contribution in [2.75, 3.05) is 42.4 Å². The largest absolute Gasteiger partial charge is 0.396 e. The molecule has 8 rings (SSSR count). The van der Waals surface area contributed by atoms with Crippen LogP contribution in [0.3, 0.4) is 0 Å². The highest BCUT2D eigenvalue weighted by Crippen LogP contribution is 2.33. The number of H-pyrrole nitrogens is 1. The molecule has 22 nitrogen and oxygen atoms in total. The molecule has 294 valence electrons. The van der Waals surface area contributed by atoms with Gasteiger partial charge in [0.05, 0.1) is 37.7 Å². The number of fused-ring (bicyclic) bond motifs is 1. The average molecular weight is 783 g/mol. The first-order valence-corrected chi connectivity index (χ1v) is 18.5. The quantitative estimate of drug-likeness (QED) is 0.0520. The van der Waals surface area contributed by atoms with Crippen molar-refractivity contribution in [3.05, 3.63) is 84.3 Å². The predicted octanol–water partition coefficient (Wildman–Crippen LogP) is 0.302. The summed E-state index contributed by atoms with van der Waals surface area (Å²) in [7, 11) is 0. The summed E-state index contributed by atoms with van der Waals surface area (Å²) < 4.78 is 15.5. The first-order chi connectivity index (χ1) is 26.5. The molecule has 6 heterocycles. The van der Waals surface area contributed by atoms with Crippen LogP contribution in [0.2, 0.25) is 0 Å². The molecule has 55 heavy (non-hydrogen) atoms. The fraction of sp³-hybridized carbons (Fsp3) is 0.531. The van der Waals surface area contributed by atoms with Crippen molar-refractivity contribution in [2.45, 2.75) is 74.7 Å². The fourth-order valence-corrected chi connectivity index (χ4v) is 7.09. The van der Waals surface area contributed by atoms with Crippen molar-refractivity contribution >= 4 is 40.5 Å². The molecule has 0 bridgehead atoms. The molecule has 1 unspecified atom stereocenters. The van der Waals surface area contributed by atoms with Crippen LogP contribution in [-0.4, -0.2) is 103 Å². The zero-order chi connectivity index (χ0) is 39.2. The van der Waals surface area contributed by atoms with E-state index >= 15 is 0 Å². The number of hydrogen-bond donors (Lipinski definition) is 7. The number of ether oxygens (including phenoxy) is 2. The molecule has 9 N–H and O–H groups in total. The number of aliphatic hydroxyl groups is 3. The van der Waals surface area contributed by atoms with Crippen molar-refractivity contribution in [3.8, 4) is 0 Å². The van der Waals surface area contributed by atoms with Gasteiger partial charge in [-0.25, -0.2) is 14.6 Å². The van der Waals surface area contributed by atoms with E-state index in [4.69, 9.17) is 36.7 Å². The summed E-state index contributed by atoms with van der Waals surface area (Å²) in [5.41, 5.74) is 19.8. The van der Waals surface area contributed by atoms with E-state index in [9.17, 15) is 19.5 Å². The summed E-state index contributed by atoms with van der Waals surface area (Å²) in [6, 6.07) is 1.65. The molecule has 2 aliphatic heterocycles. The monoisotopic (exact) mass is 782 g/mol. The van der Waals surface area contributed by atoms with Gasteiger partial charge in [-0.2, -0.15) is 15.0 Å². The molecular weight excluding hydrogens is 741 g/mol. The highest BCUT2D eigenvalue weighted by atomic mass is 32.2. The lowest BCUT2D eigenvalue weighted by molar-refractivity contribution is -0.0271. The van der Waals surface area contributed by atoms with E-state index in [1.54, 1.807) is 25.5 Å². The van der Waals surface area contributed by atoms with Gasteiger partial charge in [-0.05, 0) is 37.8 Å². The van der Waals surface area contributed by atoms with E-state index in [0.29, 0.717) is 17.4 Å². The van der Waals surface area contributed by atoms with Crippen molar-refractivity contribution in [1.82, 2.24) is 38.6 Å². The van der Waals surface area contributed by atoms with E-state index < -0.39 is 35.3 Å². The second-order valence-electron chi connectivity index (χ2n) is 13.2. The van der Waals surface area contributed by atoms with Gasteiger partial charge < -0.3 is 46.1 Å². The number of allylic oxidation sites excluding steroid dienone is 1. The Hall–Kier alpha value is -5.29. The number of aromatic nitrogens is 8. The van der Waals surface area contributed by atoms with Crippen LogP contribution in [0.15, 0.2) is 56.4 Å². The summed E-state index contributed by atoms with van der Waals surface area (Å²) in [5.74, 6) is 2.00. The average Bonchev–Trinajstić information content (AvgIpc) is 3.57. The van der Waals surface area contributed by atoms with Crippen LogP contribution < -0.4 is 33.7 Å². The number of anilines is 3. The number of nitrogens with zero attached hydrogens (tertiary/aromatic N) is 10. The third kappa shape index (κ3) is 9.33. The Bertz CT molecular complexity index is 2230. The summed E-state index contributed by atoms with van der Waals surface area (Å²) in [6.07, 6.45) is 10.6. The van der Waals surface area contributed by atoms with E-state index in [1.807, 2.05) is 10.6 Å². The number of hydrogen-bond acceptors (Lipinski definition) is 17. The van der Waals surface area contributed by atoms with Gasteiger partial charge in [0.2, 0.25) is 5.95 Å². The summed E-state index contributed by atoms with van der Waals surface area (Å²) in [5, 5.41) is 34.2. The lowest BCUT2D eigenvalue weighted by Crippen LogP contribution is -2.33. The number of rotatable bonds is 9. The number of aliphatic hydroxyl groups excluding tert-OH is 3. The van der Waals surface area contributed by atoms with Crippen molar-refractivity contribution in [2.24, 2.45) is 11.0 Å². The maximum atomic E-state index is 11.7. The van der Waals surface area contributed by atoms with Gasteiger partial charge in [0, 0.05) is 53.6 Å². The molecular formula is C32H42N14O8S. The van der Waals surface area contributed by atoms with Crippen LogP contribution in [0.5, 0.6) is 0 Å². The van der Waals surface area contributed by atoms with Crippen LogP contribution >= 0.6 is 11.8 Å². The molecule has 3 fully saturated rings. The Balaban J connectivity index is 0.000000142. The molecule has 2 saturated heterocycles. The molecule has 2 aliphatic carbocycles. The first-order valence-electron chi connectivity index (χ1n) is 17.4. The lowest BCUT2D eigenvalue weighted by atomic mass is 10.1. The van der Waals surface area contributed by atoms with Gasteiger partial charge >= 0.3 is 11.4 Å². The second kappa shape index (κ2) is 17.5. The number of imidazole rings is 1. The summed E-state index contributed by atoms with van der Waals surface area (Å²) in [6.45, 7) is 1.37. The molecule has 7 atom stereocenters. The minimum Gasteiger partial charge on any atom is -0.396 e. The second-order valence-corrected chi connectivity index (χ2v) is 14.4. The zero-order valence-electron chi connectivity index (χ0n) is 29.7. The lowest BCUT2D eigenvalue weighted by Gasteiger charge is -2.14. The van der Waals surface area contributed by atoms with E-state index in [-0.39, 0.29) is 61.6 Å². The van der Waals surface area contributed by atoms with Crippen LogP contribution in [0, 0.1) is 12.8 Å². The molecule has 1 saturated carbocycles. The summed E-state index contributed by atoms with van der Waals surface area (Å²) >= 11 is 1.47. The van der Waals surface area contributed by atoms with Crippen molar-refractivity contribution in [3.63, 3.8) is 0 Å². The zero-order valence-corrected chi connectivity index (χ0v) is 30.5. The molecule has 4 aromatic heterocycles.